The second-order valence-electron chi connectivity index (χ2n) is 9.21. The number of amides is 1. The fourth-order valence-corrected chi connectivity index (χ4v) is 5.13. The van der Waals surface area contributed by atoms with Gasteiger partial charge in [-0.2, -0.15) is 4.98 Å². The summed E-state index contributed by atoms with van der Waals surface area (Å²) < 4.78 is 27.6. The van der Waals surface area contributed by atoms with Gasteiger partial charge in [0.05, 0.1) is 23.4 Å². The predicted molar refractivity (Wildman–Crippen MR) is 149 cm³/mol. The third-order valence-electron chi connectivity index (χ3n) is 6.21. The first-order chi connectivity index (χ1) is 18.8. The van der Waals surface area contributed by atoms with Gasteiger partial charge in [-0.3, -0.25) is 4.79 Å². The van der Waals surface area contributed by atoms with Gasteiger partial charge in [-0.25, -0.2) is 13.6 Å². The van der Waals surface area contributed by atoms with Gasteiger partial charge in [0.15, 0.2) is 0 Å². The second kappa shape index (κ2) is 13.5. The molecule has 0 spiro atoms. The number of halogens is 2. The SMILES string of the molecule is CCc1cccc(CNC[C@H](O)[C@H](Cc2cc(F)cc(F)c2)NC(=O)CSc2nc(=O)[nH]c3ccccc23)c1. The van der Waals surface area contributed by atoms with Crippen LogP contribution in [0.5, 0.6) is 0 Å². The average molecular weight is 553 g/mol. The summed E-state index contributed by atoms with van der Waals surface area (Å²) in [6, 6.07) is 17.5. The molecule has 0 unspecified atom stereocenters. The van der Waals surface area contributed by atoms with Gasteiger partial charge in [0.2, 0.25) is 5.91 Å². The van der Waals surface area contributed by atoms with Gasteiger partial charge < -0.3 is 20.7 Å². The minimum atomic E-state index is -1.04. The number of benzene rings is 3. The molecule has 4 rings (SSSR count). The maximum atomic E-state index is 13.8. The number of rotatable bonds is 12. The van der Waals surface area contributed by atoms with Crippen LogP contribution in [-0.2, 0) is 24.2 Å². The number of thioether (sulfide) groups is 1. The molecule has 0 saturated heterocycles. The van der Waals surface area contributed by atoms with E-state index in [-0.39, 0.29) is 18.7 Å². The van der Waals surface area contributed by atoms with Gasteiger partial charge in [-0.15, -0.1) is 0 Å². The first-order valence-corrected chi connectivity index (χ1v) is 13.6. The highest BCUT2D eigenvalue weighted by Crippen LogP contribution is 2.23. The number of carbonyl (C=O) groups excluding carboxylic acids is 1. The van der Waals surface area contributed by atoms with Crippen molar-refractivity contribution >= 4 is 28.6 Å². The molecule has 1 aromatic heterocycles. The number of para-hydroxylation sites is 1. The molecule has 1 heterocycles. The zero-order valence-corrected chi connectivity index (χ0v) is 22.2. The number of aryl methyl sites for hydroxylation is 1. The molecular formula is C29H30F2N4O3S. The summed E-state index contributed by atoms with van der Waals surface area (Å²) in [5.41, 5.74) is 2.66. The van der Waals surface area contributed by atoms with Crippen LogP contribution in [0.25, 0.3) is 10.9 Å². The monoisotopic (exact) mass is 552 g/mol. The molecule has 4 N–H and O–H groups in total. The van der Waals surface area contributed by atoms with Crippen LogP contribution in [0, 0.1) is 11.6 Å². The molecule has 3 aromatic carbocycles. The Morgan fingerprint density at radius 3 is 2.54 bits per heavy atom. The van der Waals surface area contributed by atoms with E-state index in [0.29, 0.717) is 28.0 Å². The van der Waals surface area contributed by atoms with Crippen molar-refractivity contribution < 1.29 is 18.7 Å². The van der Waals surface area contributed by atoms with E-state index < -0.39 is 35.4 Å². The van der Waals surface area contributed by atoms with E-state index in [0.717, 1.165) is 29.8 Å². The summed E-state index contributed by atoms with van der Waals surface area (Å²) in [6.07, 6.45) is -0.112. The molecule has 0 aliphatic heterocycles. The van der Waals surface area contributed by atoms with E-state index in [4.69, 9.17) is 0 Å². The second-order valence-corrected chi connectivity index (χ2v) is 10.2. The molecular weight excluding hydrogens is 522 g/mol. The molecule has 10 heteroatoms. The summed E-state index contributed by atoms with van der Waals surface area (Å²) in [6.45, 7) is 2.73. The quantitative estimate of drug-likeness (QED) is 0.158. The van der Waals surface area contributed by atoms with Gasteiger partial charge in [0, 0.05) is 24.5 Å². The smallest absolute Gasteiger partial charge is 0.346 e. The summed E-state index contributed by atoms with van der Waals surface area (Å²) in [7, 11) is 0. The van der Waals surface area contributed by atoms with Gasteiger partial charge in [0.25, 0.3) is 0 Å². The van der Waals surface area contributed by atoms with Crippen LogP contribution in [0.15, 0.2) is 76.6 Å². The fraction of sp³-hybridized carbons (Fsp3) is 0.276. The summed E-state index contributed by atoms with van der Waals surface area (Å²) >= 11 is 1.10. The van der Waals surface area contributed by atoms with Gasteiger partial charge in [0.1, 0.15) is 16.7 Å². The third kappa shape index (κ3) is 8.19. The number of aromatic amines is 1. The molecule has 0 aliphatic carbocycles. The number of aliphatic hydroxyl groups is 1. The van der Waals surface area contributed by atoms with Crippen LogP contribution in [-0.4, -0.2) is 45.4 Å². The average Bonchev–Trinajstić information content (AvgIpc) is 2.90. The Labute approximate surface area is 229 Å². The van der Waals surface area contributed by atoms with Crippen LogP contribution in [0.4, 0.5) is 8.78 Å². The molecule has 2 atom stereocenters. The topological polar surface area (TPSA) is 107 Å². The molecule has 204 valence electrons. The number of fused-ring (bicyclic) bond motifs is 1. The van der Waals surface area contributed by atoms with E-state index in [1.54, 1.807) is 18.2 Å². The third-order valence-corrected chi connectivity index (χ3v) is 7.20. The highest BCUT2D eigenvalue weighted by Gasteiger charge is 2.23. The Bertz CT molecular complexity index is 1480. The molecule has 0 fully saturated rings. The number of nitrogens with one attached hydrogen (secondary N) is 3. The normalized spacial score (nSPS) is 12.8. The standard InChI is InChI=1S/C29H30F2N4O3S/c1-2-18-6-5-7-19(10-18)15-32-16-26(36)25(13-20-11-21(30)14-22(31)12-20)33-27(37)17-39-28-23-8-3-4-9-24(23)34-29(38)35-28/h3-12,14,25-26,32,36H,2,13,15-17H2,1H3,(H,33,37)(H,34,35,38)/t25-,26-/m0/s1. The number of H-pyrrole nitrogens is 1. The van der Waals surface area contributed by atoms with Gasteiger partial charge in [-0.05, 0) is 47.7 Å². The van der Waals surface area contributed by atoms with Crippen LogP contribution in [0.2, 0.25) is 0 Å². The van der Waals surface area contributed by atoms with Crippen LogP contribution >= 0.6 is 11.8 Å². The minimum Gasteiger partial charge on any atom is -0.390 e. The van der Waals surface area contributed by atoms with Crippen molar-refractivity contribution in [2.24, 2.45) is 0 Å². The zero-order valence-electron chi connectivity index (χ0n) is 21.4. The van der Waals surface area contributed by atoms with Crippen LogP contribution in [0.1, 0.15) is 23.6 Å². The molecule has 0 bridgehead atoms. The number of aromatic nitrogens is 2. The first kappa shape index (κ1) is 28.4. The number of carbonyl (C=O) groups is 1. The number of hydrogen-bond acceptors (Lipinski definition) is 6. The summed E-state index contributed by atoms with van der Waals surface area (Å²) in [5, 5.41) is 18.1. The van der Waals surface area contributed by atoms with Crippen molar-refractivity contribution in [3.63, 3.8) is 0 Å². The summed E-state index contributed by atoms with van der Waals surface area (Å²) in [4.78, 5) is 31.5. The molecule has 7 nitrogen and oxygen atoms in total. The minimum absolute atomic E-state index is 0.0193. The van der Waals surface area contributed by atoms with E-state index in [9.17, 15) is 23.5 Å². The van der Waals surface area contributed by atoms with E-state index in [1.165, 1.54) is 17.7 Å². The first-order valence-electron chi connectivity index (χ1n) is 12.6. The summed E-state index contributed by atoms with van der Waals surface area (Å²) in [5.74, 6) is -1.95. The van der Waals surface area contributed by atoms with E-state index in [2.05, 4.69) is 33.6 Å². The van der Waals surface area contributed by atoms with Crippen molar-refractivity contribution in [3.8, 4) is 0 Å². The van der Waals surface area contributed by atoms with Crippen molar-refractivity contribution in [1.29, 1.82) is 0 Å². The lowest BCUT2D eigenvalue weighted by atomic mass is 10.0. The Hall–Kier alpha value is -3.60. The van der Waals surface area contributed by atoms with Gasteiger partial charge in [-0.1, -0.05) is 61.2 Å². The van der Waals surface area contributed by atoms with E-state index >= 15 is 0 Å². The molecule has 0 saturated carbocycles. The van der Waals surface area contributed by atoms with Crippen LogP contribution < -0.4 is 16.3 Å². The van der Waals surface area contributed by atoms with Crippen molar-refractivity contribution in [1.82, 2.24) is 20.6 Å². The molecule has 4 aromatic rings. The highest BCUT2D eigenvalue weighted by atomic mass is 32.2. The maximum absolute atomic E-state index is 13.8. The van der Waals surface area contributed by atoms with Crippen molar-refractivity contribution in [2.45, 2.75) is 43.5 Å². The molecule has 39 heavy (non-hydrogen) atoms. The van der Waals surface area contributed by atoms with Crippen LogP contribution in [0.3, 0.4) is 0 Å². The Morgan fingerprint density at radius 2 is 1.77 bits per heavy atom. The van der Waals surface area contributed by atoms with Crippen molar-refractivity contribution in [3.05, 3.63) is 106 Å². The molecule has 0 radical (unpaired) electrons. The lowest BCUT2D eigenvalue weighted by Crippen LogP contribution is -2.49. The predicted octanol–water partition coefficient (Wildman–Crippen LogP) is 3.73. The maximum Gasteiger partial charge on any atom is 0.346 e. The number of nitrogens with zero attached hydrogens (tertiary/aromatic N) is 1. The Balaban J connectivity index is 1.43. The van der Waals surface area contributed by atoms with E-state index in [1.807, 2.05) is 24.3 Å². The van der Waals surface area contributed by atoms with Crippen molar-refractivity contribution in [2.75, 3.05) is 12.3 Å². The Morgan fingerprint density at radius 1 is 1.03 bits per heavy atom. The number of aliphatic hydroxyl groups excluding tert-OH is 1. The lowest BCUT2D eigenvalue weighted by molar-refractivity contribution is -0.120. The number of hydrogen-bond donors (Lipinski definition) is 4. The van der Waals surface area contributed by atoms with Gasteiger partial charge >= 0.3 is 5.69 Å². The molecule has 1 amide bonds. The largest absolute Gasteiger partial charge is 0.390 e. The molecule has 0 aliphatic rings. The highest BCUT2D eigenvalue weighted by molar-refractivity contribution is 8.00. The lowest BCUT2D eigenvalue weighted by Gasteiger charge is -2.25. The zero-order chi connectivity index (χ0) is 27.8. The Kier molecular flexibility index (Phi) is 9.80. The fourth-order valence-electron chi connectivity index (χ4n) is 4.30.